The van der Waals surface area contributed by atoms with E-state index in [4.69, 9.17) is 0 Å². The highest BCUT2D eigenvalue weighted by Crippen LogP contribution is 2.50. The summed E-state index contributed by atoms with van der Waals surface area (Å²) in [6.07, 6.45) is 7.30. The number of aryl methyl sites for hydroxylation is 6. The molecule has 0 fully saturated rings. The standard InChI is InChI=1S/C49H48N2/c1-34-15-14-16-43(27-34)49(51(45-19-12-9-13-20-45)47-30-37(4)26-38(5)31-47)24-23-42(33-40(49)7)41-21-22-48(39(6)32-41)50(44-17-10-8-11-18-44)46-28-35(2)25-36(3)29-46/h8-33,40H,1-7H3. The molecular formula is C49H48N2. The second-order valence-corrected chi connectivity index (χ2v) is 14.5. The molecule has 0 N–H and O–H groups in total. The Balaban J connectivity index is 1.35. The Kier molecular flexibility index (Phi) is 9.27. The van der Waals surface area contributed by atoms with E-state index >= 15 is 0 Å². The van der Waals surface area contributed by atoms with Gasteiger partial charge in [0, 0.05) is 34.4 Å². The molecule has 51 heavy (non-hydrogen) atoms. The van der Waals surface area contributed by atoms with Gasteiger partial charge in [-0.15, -0.1) is 0 Å². The van der Waals surface area contributed by atoms with Gasteiger partial charge in [-0.3, -0.25) is 0 Å². The lowest BCUT2D eigenvalue weighted by Crippen LogP contribution is -2.47. The quantitative estimate of drug-likeness (QED) is 0.160. The van der Waals surface area contributed by atoms with Crippen molar-refractivity contribution in [3.63, 3.8) is 0 Å². The molecule has 0 spiro atoms. The predicted octanol–water partition coefficient (Wildman–Crippen LogP) is 13.3. The molecule has 2 unspecified atom stereocenters. The molecule has 0 radical (unpaired) electrons. The summed E-state index contributed by atoms with van der Waals surface area (Å²) in [5.74, 6) is 0.136. The predicted molar refractivity (Wildman–Crippen MR) is 219 cm³/mol. The topological polar surface area (TPSA) is 6.48 Å². The van der Waals surface area contributed by atoms with Gasteiger partial charge in [-0.05, 0) is 147 Å². The van der Waals surface area contributed by atoms with Crippen molar-refractivity contribution < 1.29 is 0 Å². The smallest absolute Gasteiger partial charge is 0.0949 e. The molecule has 1 aliphatic carbocycles. The van der Waals surface area contributed by atoms with Crippen LogP contribution in [0.4, 0.5) is 28.4 Å². The SMILES string of the molecule is Cc1cc(C)cc(N(c2ccccc2)c2ccc(C3=CC(C)C(c4cccc(C)c4)(N(c4ccccc4)c4cc(C)cc(C)c4)C=C3)cc2C)c1. The average molecular weight is 665 g/mol. The highest BCUT2D eigenvalue weighted by Gasteiger charge is 2.43. The van der Waals surface area contributed by atoms with E-state index in [2.05, 4.69) is 216 Å². The van der Waals surface area contributed by atoms with Gasteiger partial charge < -0.3 is 9.80 Å². The van der Waals surface area contributed by atoms with Gasteiger partial charge in [0.15, 0.2) is 0 Å². The van der Waals surface area contributed by atoms with Crippen LogP contribution in [0.3, 0.4) is 0 Å². The largest absolute Gasteiger partial charge is 0.327 e. The van der Waals surface area contributed by atoms with E-state index in [0.717, 1.165) is 5.69 Å². The molecule has 2 heteroatoms. The van der Waals surface area contributed by atoms with Crippen LogP contribution in [-0.2, 0) is 5.54 Å². The Hall–Kier alpha value is -5.60. The number of benzene rings is 6. The normalized spacial score (nSPS) is 16.8. The molecular weight excluding hydrogens is 617 g/mol. The number of allylic oxidation sites excluding steroid dienone is 2. The Labute approximate surface area is 305 Å². The molecule has 2 nitrogen and oxygen atoms in total. The first-order valence-electron chi connectivity index (χ1n) is 18.1. The average Bonchev–Trinajstić information content (AvgIpc) is 3.10. The zero-order chi connectivity index (χ0) is 35.7. The third kappa shape index (κ3) is 6.67. The van der Waals surface area contributed by atoms with Crippen LogP contribution >= 0.6 is 0 Å². The van der Waals surface area contributed by atoms with E-state index in [9.17, 15) is 0 Å². The monoisotopic (exact) mass is 664 g/mol. The molecule has 2 atom stereocenters. The summed E-state index contributed by atoms with van der Waals surface area (Å²) in [5.41, 5.74) is 16.7. The van der Waals surface area contributed by atoms with Crippen molar-refractivity contribution in [1.82, 2.24) is 0 Å². The van der Waals surface area contributed by atoms with Gasteiger partial charge in [0.25, 0.3) is 0 Å². The number of rotatable bonds is 8. The van der Waals surface area contributed by atoms with Gasteiger partial charge in [0.1, 0.15) is 0 Å². The number of nitrogens with zero attached hydrogens (tertiary/aromatic N) is 2. The summed E-state index contributed by atoms with van der Waals surface area (Å²) in [6.45, 7) is 15.6. The molecule has 0 heterocycles. The van der Waals surface area contributed by atoms with Gasteiger partial charge in [-0.1, -0.05) is 110 Å². The van der Waals surface area contributed by atoms with Crippen molar-refractivity contribution in [1.29, 1.82) is 0 Å². The van der Waals surface area contributed by atoms with Crippen molar-refractivity contribution >= 4 is 34.0 Å². The fraction of sp³-hybridized carbons (Fsp3) is 0.184. The van der Waals surface area contributed by atoms with Crippen LogP contribution in [0.15, 0.2) is 158 Å². The minimum Gasteiger partial charge on any atom is -0.327 e. The van der Waals surface area contributed by atoms with E-state index in [0.29, 0.717) is 0 Å². The van der Waals surface area contributed by atoms with E-state index in [1.54, 1.807) is 0 Å². The number of anilines is 5. The number of hydrogen-bond donors (Lipinski definition) is 0. The molecule has 1 aliphatic rings. The fourth-order valence-corrected chi connectivity index (χ4v) is 8.08. The molecule has 6 aromatic rings. The van der Waals surface area contributed by atoms with Crippen molar-refractivity contribution in [3.8, 4) is 0 Å². The van der Waals surface area contributed by atoms with Crippen molar-refractivity contribution in [3.05, 3.63) is 202 Å². The van der Waals surface area contributed by atoms with Crippen LogP contribution in [-0.4, -0.2) is 0 Å². The van der Waals surface area contributed by atoms with Gasteiger partial charge in [-0.2, -0.15) is 0 Å². The maximum Gasteiger partial charge on any atom is 0.0949 e. The first-order chi connectivity index (χ1) is 24.6. The van der Waals surface area contributed by atoms with Gasteiger partial charge in [0.2, 0.25) is 0 Å². The molecule has 0 amide bonds. The van der Waals surface area contributed by atoms with Crippen LogP contribution in [0.25, 0.3) is 5.57 Å². The van der Waals surface area contributed by atoms with Crippen LogP contribution in [0.1, 0.15) is 51.4 Å². The van der Waals surface area contributed by atoms with E-state index in [1.165, 1.54) is 72.8 Å². The summed E-state index contributed by atoms with van der Waals surface area (Å²) < 4.78 is 0. The highest BCUT2D eigenvalue weighted by atomic mass is 15.2. The molecule has 7 rings (SSSR count). The maximum absolute atomic E-state index is 2.56. The zero-order valence-corrected chi connectivity index (χ0v) is 31.0. The second-order valence-electron chi connectivity index (χ2n) is 14.5. The zero-order valence-electron chi connectivity index (χ0n) is 31.0. The lowest BCUT2D eigenvalue weighted by Gasteiger charge is -2.49. The lowest BCUT2D eigenvalue weighted by atomic mass is 9.72. The molecule has 0 saturated carbocycles. The third-order valence-corrected chi connectivity index (χ3v) is 10.2. The van der Waals surface area contributed by atoms with Crippen molar-refractivity contribution in [2.45, 2.75) is 54.0 Å². The van der Waals surface area contributed by atoms with E-state index in [-0.39, 0.29) is 5.92 Å². The van der Waals surface area contributed by atoms with Crippen molar-refractivity contribution in [2.75, 3.05) is 9.80 Å². The molecule has 254 valence electrons. The molecule has 0 aromatic heterocycles. The van der Waals surface area contributed by atoms with Crippen molar-refractivity contribution in [2.24, 2.45) is 5.92 Å². The number of hydrogen-bond acceptors (Lipinski definition) is 2. The van der Waals surface area contributed by atoms with Crippen LogP contribution in [0.2, 0.25) is 0 Å². The first-order valence-corrected chi connectivity index (χ1v) is 18.1. The third-order valence-electron chi connectivity index (χ3n) is 10.2. The Morgan fingerprint density at radius 1 is 0.490 bits per heavy atom. The molecule has 6 aromatic carbocycles. The maximum atomic E-state index is 2.56. The van der Waals surface area contributed by atoms with Gasteiger partial charge >= 0.3 is 0 Å². The highest BCUT2D eigenvalue weighted by molar-refractivity contribution is 5.84. The fourth-order valence-electron chi connectivity index (χ4n) is 8.08. The van der Waals surface area contributed by atoms with Gasteiger partial charge in [-0.25, -0.2) is 0 Å². The van der Waals surface area contributed by atoms with E-state index in [1.807, 2.05) is 0 Å². The summed E-state index contributed by atoms with van der Waals surface area (Å²) in [7, 11) is 0. The van der Waals surface area contributed by atoms with Crippen LogP contribution in [0, 0.1) is 47.5 Å². The molecule has 0 saturated heterocycles. The second kappa shape index (κ2) is 14.0. The summed E-state index contributed by atoms with van der Waals surface area (Å²) in [4.78, 5) is 4.95. The summed E-state index contributed by atoms with van der Waals surface area (Å²) in [5, 5.41) is 0. The minimum absolute atomic E-state index is 0.136. The molecule has 0 bridgehead atoms. The minimum atomic E-state index is -0.459. The lowest BCUT2D eigenvalue weighted by molar-refractivity contribution is 0.425. The van der Waals surface area contributed by atoms with Gasteiger partial charge in [0.05, 0.1) is 5.54 Å². The number of para-hydroxylation sites is 2. The Morgan fingerprint density at radius 2 is 1.08 bits per heavy atom. The Morgan fingerprint density at radius 3 is 1.65 bits per heavy atom. The van der Waals surface area contributed by atoms with E-state index < -0.39 is 5.54 Å². The first kappa shape index (κ1) is 33.9. The summed E-state index contributed by atoms with van der Waals surface area (Å²) in [6, 6.07) is 51.3. The molecule has 0 aliphatic heterocycles. The Bertz CT molecular complexity index is 2200. The van der Waals surface area contributed by atoms with Crippen LogP contribution < -0.4 is 9.80 Å². The summed E-state index contributed by atoms with van der Waals surface area (Å²) >= 11 is 0. The van der Waals surface area contributed by atoms with Crippen LogP contribution in [0.5, 0.6) is 0 Å².